The van der Waals surface area contributed by atoms with Gasteiger partial charge in [-0.05, 0) is 106 Å². The van der Waals surface area contributed by atoms with Crippen molar-refractivity contribution in [3.63, 3.8) is 0 Å². The predicted octanol–water partition coefficient (Wildman–Crippen LogP) is 14.2. The van der Waals surface area contributed by atoms with Gasteiger partial charge in [-0.2, -0.15) is 0 Å². The van der Waals surface area contributed by atoms with E-state index in [1.807, 2.05) is 24.3 Å². The van der Waals surface area contributed by atoms with Crippen LogP contribution in [0, 0.1) is 0 Å². The molecular weight excluding hydrogens is 707 g/mol. The number of fused-ring (bicyclic) bond motifs is 9. The highest BCUT2D eigenvalue weighted by Gasteiger charge is 2.16. The molecule has 58 heavy (non-hydrogen) atoms. The number of furan rings is 1. The number of nitrogens with two attached hydrogens (primary N) is 1. The number of nitrogens with zero attached hydrogens (tertiary/aromatic N) is 2. The van der Waals surface area contributed by atoms with Gasteiger partial charge in [-0.3, -0.25) is 4.57 Å². The van der Waals surface area contributed by atoms with Crippen LogP contribution in [0.4, 0.5) is 0 Å². The minimum absolute atomic E-state index is 0.630. The minimum atomic E-state index is 0.630. The van der Waals surface area contributed by atoms with E-state index in [2.05, 4.69) is 192 Å². The van der Waals surface area contributed by atoms with Gasteiger partial charge >= 0.3 is 0 Å². The van der Waals surface area contributed by atoms with Gasteiger partial charge in [-0.25, -0.2) is 0 Å². The van der Waals surface area contributed by atoms with Gasteiger partial charge in [-0.1, -0.05) is 134 Å². The molecule has 0 unspecified atom stereocenters. The molecule has 0 saturated heterocycles. The number of hydrogen-bond acceptors (Lipinski definition) is 2. The molecule has 0 fully saturated rings. The molecule has 0 saturated carbocycles. The average Bonchev–Trinajstić information content (AvgIpc) is 3.94. The van der Waals surface area contributed by atoms with Gasteiger partial charge < -0.3 is 14.7 Å². The lowest BCUT2D eigenvalue weighted by atomic mass is 9.99. The van der Waals surface area contributed by atoms with Crippen molar-refractivity contribution in [2.45, 2.75) is 0 Å². The number of allylic oxidation sites excluding steroid dienone is 4. The number of hydrogen-bond donors (Lipinski definition) is 1. The fourth-order valence-electron chi connectivity index (χ4n) is 8.73. The second-order valence-electron chi connectivity index (χ2n) is 14.8. The zero-order valence-electron chi connectivity index (χ0n) is 31.6. The van der Waals surface area contributed by atoms with Crippen LogP contribution in [-0.2, 0) is 0 Å². The van der Waals surface area contributed by atoms with Crippen molar-refractivity contribution in [1.29, 1.82) is 0 Å². The van der Waals surface area contributed by atoms with Crippen molar-refractivity contribution < 1.29 is 4.42 Å². The lowest BCUT2D eigenvalue weighted by Gasteiger charge is -2.09. The van der Waals surface area contributed by atoms with Crippen molar-refractivity contribution in [2.24, 2.45) is 5.73 Å². The number of rotatable bonds is 7. The molecule has 3 heterocycles. The molecule has 0 spiro atoms. The molecule has 4 nitrogen and oxygen atoms in total. The van der Waals surface area contributed by atoms with Crippen LogP contribution in [0.15, 0.2) is 211 Å². The summed E-state index contributed by atoms with van der Waals surface area (Å²) >= 11 is 0. The van der Waals surface area contributed by atoms with Gasteiger partial charge in [0.05, 0.1) is 22.1 Å². The molecule has 8 aromatic carbocycles. The Kier molecular flexibility index (Phi) is 7.76. The SMILES string of the molecule is C=C/C(=C\C=C(/N)n1c2ccccc2c2cc(-c3ccc4c(c3)c3ccccc3n4-c3ccccc3)ccc21)c1ccc(-c2ccc3oc4ccccc4c3c2)cc1. The van der Waals surface area contributed by atoms with E-state index in [0.29, 0.717) is 5.82 Å². The van der Waals surface area contributed by atoms with Crippen LogP contribution in [-0.4, -0.2) is 9.13 Å². The Morgan fingerprint density at radius 3 is 1.72 bits per heavy atom. The molecule has 0 amide bonds. The molecule has 0 aliphatic carbocycles. The summed E-state index contributed by atoms with van der Waals surface area (Å²) in [6.07, 6.45) is 5.92. The normalized spacial score (nSPS) is 12.5. The first-order chi connectivity index (χ1) is 28.6. The van der Waals surface area contributed by atoms with Crippen LogP contribution < -0.4 is 5.73 Å². The molecule has 0 bridgehead atoms. The smallest absolute Gasteiger partial charge is 0.135 e. The van der Waals surface area contributed by atoms with Crippen LogP contribution in [0.1, 0.15) is 5.56 Å². The topological polar surface area (TPSA) is 49.0 Å². The van der Waals surface area contributed by atoms with Gasteiger partial charge in [0.25, 0.3) is 0 Å². The summed E-state index contributed by atoms with van der Waals surface area (Å²) in [4.78, 5) is 0. The van der Waals surface area contributed by atoms with E-state index >= 15 is 0 Å². The van der Waals surface area contributed by atoms with Crippen molar-refractivity contribution in [3.8, 4) is 27.9 Å². The predicted molar refractivity (Wildman–Crippen MR) is 245 cm³/mol. The van der Waals surface area contributed by atoms with Gasteiger partial charge in [-0.15, -0.1) is 0 Å². The summed E-state index contributed by atoms with van der Waals surface area (Å²) in [7, 11) is 0. The number of aromatic nitrogens is 2. The van der Waals surface area contributed by atoms with E-state index in [1.54, 1.807) is 0 Å². The first-order valence-corrected chi connectivity index (χ1v) is 19.6. The second kappa shape index (κ2) is 13.4. The molecule has 274 valence electrons. The van der Waals surface area contributed by atoms with Crippen LogP contribution in [0.2, 0.25) is 0 Å². The quantitative estimate of drug-likeness (QED) is 0.165. The third-order valence-electron chi connectivity index (χ3n) is 11.5. The summed E-state index contributed by atoms with van der Waals surface area (Å²) in [5, 5.41) is 7.03. The highest BCUT2D eigenvalue weighted by Crippen LogP contribution is 2.38. The maximum absolute atomic E-state index is 6.98. The molecule has 0 aliphatic heterocycles. The van der Waals surface area contributed by atoms with Crippen molar-refractivity contribution in [2.75, 3.05) is 0 Å². The van der Waals surface area contributed by atoms with Gasteiger partial charge in [0.15, 0.2) is 0 Å². The van der Waals surface area contributed by atoms with Crippen LogP contribution >= 0.6 is 0 Å². The van der Waals surface area contributed by atoms with Crippen molar-refractivity contribution in [3.05, 3.63) is 212 Å². The first-order valence-electron chi connectivity index (χ1n) is 19.6. The zero-order chi connectivity index (χ0) is 38.7. The summed E-state index contributed by atoms with van der Waals surface area (Å²) in [5.74, 6) is 0.630. The molecule has 0 atom stereocenters. The van der Waals surface area contributed by atoms with E-state index in [4.69, 9.17) is 10.2 Å². The molecule has 11 rings (SSSR count). The molecule has 0 aliphatic rings. The number of benzene rings is 8. The highest BCUT2D eigenvalue weighted by molar-refractivity contribution is 6.13. The van der Waals surface area contributed by atoms with Crippen molar-refractivity contribution in [1.82, 2.24) is 9.13 Å². The van der Waals surface area contributed by atoms with E-state index in [1.165, 1.54) is 27.4 Å². The lowest BCUT2D eigenvalue weighted by molar-refractivity contribution is 0.669. The van der Waals surface area contributed by atoms with Gasteiger partial charge in [0.1, 0.15) is 17.0 Å². The van der Waals surface area contributed by atoms with Gasteiger partial charge in [0, 0.05) is 38.0 Å². The Bertz CT molecular complexity index is 3460. The average molecular weight is 744 g/mol. The maximum Gasteiger partial charge on any atom is 0.135 e. The standard InChI is InChI=1S/C54H37N3O/c1-2-35(36-20-22-37(23-21-36)38-26-30-53-47(34-38)44-16-8-11-19-52(44)58-53)27-31-54(55)57-49-18-10-7-15-43(49)46-33-40(25-29-51(46)57)39-24-28-50-45(32-39)42-14-6-9-17-48(42)56(50)41-12-4-3-5-13-41/h2-34H,1,55H2/b35-27+,54-31+. The maximum atomic E-state index is 6.98. The Morgan fingerprint density at radius 1 is 0.448 bits per heavy atom. The van der Waals surface area contributed by atoms with Crippen LogP contribution in [0.25, 0.3) is 105 Å². The summed E-state index contributed by atoms with van der Waals surface area (Å²) in [6, 6.07) is 64.4. The van der Waals surface area contributed by atoms with E-state index < -0.39 is 0 Å². The third-order valence-corrected chi connectivity index (χ3v) is 11.5. The molecule has 11 aromatic rings. The second-order valence-corrected chi connectivity index (χ2v) is 14.8. The summed E-state index contributed by atoms with van der Waals surface area (Å²) in [6.45, 7) is 4.15. The molecule has 4 heteroatoms. The molecular formula is C54H37N3O. The monoisotopic (exact) mass is 743 g/mol. The fourth-order valence-corrected chi connectivity index (χ4v) is 8.73. The van der Waals surface area contributed by atoms with Crippen molar-refractivity contribution >= 4 is 76.9 Å². The molecule has 0 radical (unpaired) electrons. The summed E-state index contributed by atoms with van der Waals surface area (Å²) in [5.41, 5.74) is 21.1. The Morgan fingerprint density at radius 2 is 0.966 bits per heavy atom. The Labute approximate surface area is 335 Å². The zero-order valence-corrected chi connectivity index (χ0v) is 31.6. The van der Waals surface area contributed by atoms with Gasteiger partial charge in [0.2, 0.25) is 0 Å². The Balaban J connectivity index is 0.942. The minimum Gasteiger partial charge on any atom is -0.456 e. The lowest BCUT2D eigenvalue weighted by Crippen LogP contribution is -2.05. The highest BCUT2D eigenvalue weighted by atomic mass is 16.3. The van der Waals surface area contributed by atoms with Crippen LogP contribution in [0.5, 0.6) is 0 Å². The third kappa shape index (κ3) is 5.38. The summed E-state index contributed by atoms with van der Waals surface area (Å²) < 4.78 is 10.6. The molecule has 2 N–H and O–H groups in total. The van der Waals surface area contributed by atoms with E-state index in [-0.39, 0.29) is 0 Å². The van der Waals surface area contributed by atoms with Crippen LogP contribution in [0.3, 0.4) is 0 Å². The number of para-hydroxylation sites is 4. The Hall–Kier alpha value is -7.82. The van der Waals surface area contributed by atoms with E-state index in [0.717, 1.165) is 77.3 Å². The van der Waals surface area contributed by atoms with E-state index in [9.17, 15) is 0 Å². The molecule has 3 aromatic heterocycles. The first kappa shape index (κ1) is 33.5. The fraction of sp³-hybridized carbons (Fsp3) is 0. The largest absolute Gasteiger partial charge is 0.456 e.